The third-order valence-electron chi connectivity index (χ3n) is 4.15. The van der Waals surface area contributed by atoms with E-state index in [1.54, 1.807) is 20.1 Å². The first kappa shape index (κ1) is 19.6. The summed E-state index contributed by atoms with van der Waals surface area (Å²) < 4.78 is 16.6. The van der Waals surface area contributed by atoms with Crippen LogP contribution in [0, 0.1) is 20.8 Å². The topological polar surface area (TPSA) is 56.8 Å². The number of benzene rings is 2. The highest BCUT2D eigenvalue weighted by Crippen LogP contribution is 2.24. The zero-order valence-electron chi connectivity index (χ0n) is 16.1. The van der Waals surface area contributed by atoms with Crippen LogP contribution in [-0.2, 0) is 4.79 Å². The Bertz CT molecular complexity index is 758. The van der Waals surface area contributed by atoms with Crippen molar-refractivity contribution in [2.45, 2.75) is 33.8 Å². The summed E-state index contributed by atoms with van der Waals surface area (Å²) in [6.45, 7) is 8.56. The molecule has 5 nitrogen and oxygen atoms in total. The smallest absolute Gasteiger partial charge is 0.260 e. The summed E-state index contributed by atoms with van der Waals surface area (Å²) >= 11 is 0. The van der Waals surface area contributed by atoms with Gasteiger partial charge in [0, 0.05) is 6.07 Å². The number of rotatable bonds is 8. The van der Waals surface area contributed by atoms with Crippen LogP contribution in [-0.4, -0.2) is 32.3 Å². The lowest BCUT2D eigenvalue weighted by Gasteiger charge is -2.18. The first-order chi connectivity index (χ1) is 12.4. The van der Waals surface area contributed by atoms with Gasteiger partial charge in [0.2, 0.25) is 0 Å². The Hall–Kier alpha value is -2.69. The molecule has 1 atom stereocenters. The molecule has 0 aliphatic carbocycles. The molecule has 2 aromatic rings. The van der Waals surface area contributed by atoms with Crippen molar-refractivity contribution in [3.8, 4) is 17.2 Å². The van der Waals surface area contributed by atoms with E-state index in [4.69, 9.17) is 14.2 Å². The van der Waals surface area contributed by atoms with Crippen molar-refractivity contribution < 1.29 is 19.0 Å². The molecular formula is C21H27NO4. The Kier molecular flexibility index (Phi) is 6.89. The van der Waals surface area contributed by atoms with Gasteiger partial charge >= 0.3 is 0 Å². The second-order valence-corrected chi connectivity index (χ2v) is 6.28. The maximum Gasteiger partial charge on any atom is 0.260 e. The van der Waals surface area contributed by atoms with Gasteiger partial charge in [0.15, 0.2) is 6.10 Å². The molecule has 0 saturated heterocycles. The molecule has 0 aromatic heterocycles. The number of hydrogen-bond donors (Lipinski definition) is 1. The van der Waals surface area contributed by atoms with Crippen molar-refractivity contribution in [2.75, 3.05) is 20.3 Å². The van der Waals surface area contributed by atoms with Gasteiger partial charge in [0.1, 0.15) is 23.9 Å². The molecule has 1 amide bonds. The lowest BCUT2D eigenvalue weighted by atomic mass is 10.1. The van der Waals surface area contributed by atoms with Crippen molar-refractivity contribution in [3.63, 3.8) is 0 Å². The monoisotopic (exact) mass is 357 g/mol. The number of amides is 1. The van der Waals surface area contributed by atoms with Crippen LogP contribution in [0.3, 0.4) is 0 Å². The van der Waals surface area contributed by atoms with Crippen LogP contribution in [0.4, 0.5) is 0 Å². The molecule has 0 radical (unpaired) electrons. The Balaban J connectivity index is 1.80. The standard InChI is InChI=1S/C21H27NO4/c1-14-11-15(2)16(3)20(12-14)26-17(4)21(23)22-9-10-25-19-8-6-7-18(13-19)24-5/h6-8,11-13,17H,9-10H2,1-5H3,(H,22,23)/t17-/m1/s1. The molecule has 0 spiro atoms. The predicted octanol–water partition coefficient (Wildman–Crippen LogP) is 3.58. The maximum absolute atomic E-state index is 12.2. The fourth-order valence-electron chi connectivity index (χ4n) is 2.54. The van der Waals surface area contributed by atoms with Crippen LogP contribution < -0.4 is 19.5 Å². The molecule has 140 valence electrons. The van der Waals surface area contributed by atoms with Crippen molar-refractivity contribution in [2.24, 2.45) is 0 Å². The lowest BCUT2D eigenvalue weighted by molar-refractivity contribution is -0.127. The summed E-state index contributed by atoms with van der Waals surface area (Å²) in [5.41, 5.74) is 3.32. The predicted molar refractivity (Wildman–Crippen MR) is 102 cm³/mol. The van der Waals surface area contributed by atoms with Gasteiger partial charge in [-0.15, -0.1) is 0 Å². The minimum absolute atomic E-state index is 0.169. The summed E-state index contributed by atoms with van der Waals surface area (Å²) in [6.07, 6.45) is -0.577. The third kappa shape index (κ3) is 5.41. The van der Waals surface area contributed by atoms with Crippen molar-refractivity contribution in [3.05, 3.63) is 53.1 Å². The van der Waals surface area contributed by atoms with Crippen LogP contribution in [0.1, 0.15) is 23.6 Å². The molecular weight excluding hydrogens is 330 g/mol. The molecule has 5 heteroatoms. The van der Waals surface area contributed by atoms with Crippen molar-refractivity contribution in [1.29, 1.82) is 0 Å². The van der Waals surface area contributed by atoms with Crippen LogP contribution in [0.25, 0.3) is 0 Å². The molecule has 2 rings (SSSR count). The Morgan fingerprint density at radius 3 is 2.58 bits per heavy atom. The molecule has 2 aromatic carbocycles. The van der Waals surface area contributed by atoms with Gasteiger partial charge < -0.3 is 19.5 Å². The second-order valence-electron chi connectivity index (χ2n) is 6.28. The maximum atomic E-state index is 12.2. The summed E-state index contributed by atoms with van der Waals surface area (Å²) in [4.78, 5) is 12.2. The first-order valence-electron chi connectivity index (χ1n) is 8.69. The van der Waals surface area contributed by atoms with Crippen molar-refractivity contribution in [1.82, 2.24) is 5.32 Å². The number of aryl methyl sites for hydroxylation is 2. The van der Waals surface area contributed by atoms with E-state index in [1.807, 2.05) is 45.0 Å². The molecule has 0 fully saturated rings. The zero-order valence-corrected chi connectivity index (χ0v) is 16.1. The summed E-state index contributed by atoms with van der Waals surface area (Å²) in [6, 6.07) is 11.4. The molecule has 26 heavy (non-hydrogen) atoms. The van der Waals surface area contributed by atoms with Crippen LogP contribution in [0.2, 0.25) is 0 Å². The molecule has 1 N–H and O–H groups in total. The van der Waals surface area contributed by atoms with Gasteiger partial charge in [-0.25, -0.2) is 0 Å². The SMILES string of the molecule is COc1cccc(OCCNC(=O)[C@@H](C)Oc2cc(C)cc(C)c2C)c1. The average molecular weight is 357 g/mol. The van der Waals surface area contributed by atoms with Gasteiger partial charge in [-0.1, -0.05) is 12.1 Å². The molecule has 0 heterocycles. The van der Waals surface area contributed by atoms with E-state index >= 15 is 0 Å². The van der Waals surface area contributed by atoms with Gasteiger partial charge in [-0.05, 0) is 62.6 Å². The number of hydrogen-bond acceptors (Lipinski definition) is 4. The van der Waals surface area contributed by atoms with Gasteiger partial charge in [-0.3, -0.25) is 4.79 Å². The quantitative estimate of drug-likeness (QED) is 0.734. The Labute approximate surface area is 155 Å². The molecule has 0 bridgehead atoms. The fraction of sp³-hybridized carbons (Fsp3) is 0.381. The van der Waals surface area contributed by atoms with E-state index in [0.29, 0.717) is 18.9 Å². The minimum Gasteiger partial charge on any atom is -0.497 e. The van der Waals surface area contributed by atoms with Gasteiger partial charge in [0.25, 0.3) is 5.91 Å². The van der Waals surface area contributed by atoms with Gasteiger partial charge in [-0.2, -0.15) is 0 Å². The zero-order chi connectivity index (χ0) is 19.1. The van der Waals surface area contributed by atoms with Crippen LogP contribution >= 0.6 is 0 Å². The Morgan fingerprint density at radius 1 is 1.12 bits per heavy atom. The van der Waals surface area contributed by atoms with E-state index in [9.17, 15) is 4.79 Å². The number of ether oxygens (including phenoxy) is 3. The largest absolute Gasteiger partial charge is 0.497 e. The van der Waals surface area contributed by atoms with Gasteiger partial charge in [0.05, 0.1) is 13.7 Å². The number of carbonyl (C=O) groups excluding carboxylic acids is 1. The molecule has 0 aliphatic heterocycles. The van der Waals surface area contributed by atoms with E-state index < -0.39 is 6.10 Å². The molecule has 0 unspecified atom stereocenters. The van der Waals surface area contributed by atoms with Crippen LogP contribution in [0.15, 0.2) is 36.4 Å². The number of methoxy groups -OCH3 is 1. The highest BCUT2D eigenvalue weighted by molar-refractivity contribution is 5.80. The summed E-state index contributed by atoms with van der Waals surface area (Å²) in [5, 5.41) is 2.83. The highest BCUT2D eigenvalue weighted by Gasteiger charge is 2.16. The number of nitrogens with one attached hydrogen (secondary N) is 1. The Morgan fingerprint density at radius 2 is 1.85 bits per heavy atom. The van der Waals surface area contributed by atoms with E-state index in [-0.39, 0.29) is 5.91 Å². The minimum atomic E-state index is -0.577. The van der Waals surface area contributed by atoms with Crippen LogP contribution in [0.5, 0.6) is 17.2 Å². The second kappa shape index (κ2) is 9.13. The fourth-order valence-corrected chi connectivity index (χ4v) is 2.54. The lowest BCUT2D eigenvalue weighted by Crippen LogP contribution is -2.38. The average Bonchev–Trinajstić information content (AvgIpc) is 2.62. The first-order valence-corrected chi connectivity index (χ1v) is 8.69. The third-order valence-corrected chi connectivity index (χ3v) is 4.15. The summed E-state index contributed by atoms with van der Waals surface area (Å²) in [7, 11) is 1.61. The normalized spacial score (nSPS) is 11.6. The summed E-state index contributed by atoms with van der Waals surface area (Å²) in [5.74, 6) is 2.02. The van der Waals surface area contributed by atoms with Crippen molar-refractivity contribution >= 4 is 5.91 Å². The molecule has 0 aliphatic rings. The highest BCUT2D eigenvalue weighted by atomic mass is 16.5. The van der Waals surface area contributed by atoms with E-state index in [0.717, 1.165) is 28.2 Å². The molecule has 0 saturated carbocycles. The van der Waals surface area contributed by atoms with E-state index in [2.05, 4.69) is 11.4 Å². The van der Waals surface area contributed by atoms with E-state index in [1.165, 1.54) is 0 Å². The number of carbonyl (C=O) groups is 1.